The zero-order valence-electron chi connectivity index (χ0n) is 16.9. The summed E-state index contributed by atoms with van der Waals surface area (Å²) in [5.41, 5.74) is 0.355. The molecule has 0 spiro atoms. The number of nitrogens with one attached hydrogen (secondary N) is 1. The Bertz CT molecular complexity index is 986. The highest BCUT2D eigenvalue weighted by Crippen LogP contribution is 2.29. The lowest BCUT2D eigenvalue weighted by Gasteiger charge is -2.34. The number of sulfone groups is 1. The van der Waals surface area contributed by atoms with E-state index < -0.39 is 33.1 Å². The number of oxazole rings is 1. The molecule has 1 aromatic carbocycles. The Kier molecular flexibility index (Phi) is 6.41. The fourth-order valence-electron chi connectivity index (χ4n) is 3.81. The maximum absolute atomic E-state index is 13.9. The molecule has 0 bridgehead atoms. The van der Waals surface area contributed by atoms with Crippen molar-refractivity contribution >= 4 is 15.7 Å². The summed E-state index contributed by atoms with van der Waals surface area (Å²) in [7, 11) is -3.75. The highest BCUT2D eigenvalue weighted by Gasteiger charge is 2.30. The highest BCUT2D eigenvalue weighted by atomic mass is 32.2. The van der Waals surface area contributed by atoms with Crippen molar-refractivity contribution in [2.24, 2.45) is 11.8 Å². The summed E-state index contributed by atoms with van der Waals surface area (Å²) in [5, 5.41) is 2.88. The Morgan fingerprint density at radius 3 is 2.72 bits per heavy atom. The van der Waals surface area contributed by atoms with E-state index in [4.69, 9.17) is 4.42 Å². The Morgan fingerprint density at radius 2 is 2.00 bits per heavy atom. The first kappa shape index (κ1) is 21.5. The maximum atomic E-state index is 13.9. The summed E-state index contributed by atoms with van der Waals surface area (Å²) < 4.78 is 44.5. The van der Waals surface area contributed by atoms with E-state index in [-0.39, 0.29) is 23.2 Å². The van der Waals surface area contributed by atoms with Crippen LogP contribution in [0.25, 0.3) is 11.5 Å². The van der Waals surface area contributed by atoms with E-state index in [0.29, 0.717) is 17.6 Å². The third-order valence-corrected chi connectivity index (χ3v) is 7.17. The molecule has 0 saturated heterocycles. The van der Waals surface area contributed by atoms with Gasteiger partial charge >= 0.3 is 0 Å². The van der Waals surface area contributed by atoms with Crippen LogP contribution in [0.5, 0.6) is 0 Å². The van der Waals surface area contributed by atoms with Crippen molar-refractivity contribution in [3.8, 4) is 11.5 Å². The van der Waals surface area contributed by atoms with Crippen LogP contribution in [-0.2, 0) is 20.4 Å². The van der Waals surface area contributed by atoms with Crippen molar-refractivity contribution in [2.45, 2.75) is 51.8 Å². The molecule has 3 atom stereocenters. The molecule has 1 aliphatic carbocycles. The summed E-state index contributed by atoms with van der Waals surface area (Å²) in [6, 6.07) is 5.99. The SMILES string of the molecule is Cc1oc(-c2ccccc2F)nc1CS(=O)(=O)CC(=O)N[C@@H]1CCC[C@@H](C)[C@@H]1C. The minimum Gasteiger partial charge on any atom is -0.441 e. The zero-order valence-corrected chi connectivity index (χ0v) is 17.8. The van der Waals surface area contributed by atoms with Gasteiger partial charge in [-0.05, 0) is 37.3 Å². The molecule has 29 heavy (non-hydrogen) atoms. The van der Waals surface area contributed by atoms with Crippen molar-refractivity contribution < 1.29 is 22.0 Å². The number of aromatic nitrogens is 1. The van der Waals surface area contributed by atoms with Crippen molar-refractivity contribution in [2.75, 3.05) is 5.75 Å². The van der Waals surface area contributed by atoms with Gasteiger partial charge in [-0.3, -0.25) is 4.79 Å². The van der Waals surface area contributed by atoms with E-state index in [1.165, 1.54) is 12.1 Å². The molecule has 2 aromatic rings. The van der Waals surface area contributed by atoms with E-state index >= 15 is 0 Å². The highest BCUT2D eigenvalue weighted by molar-refractivity contribution is 7.91. The van der Waals surface area contributed by atoms with Crippen LogP contribution < -0.4 is 5.32 Å². The number of rotatable bonds is 6. The van der Waals surface area contributed by atoms with E-state index in [2.05, 4.69) is 24.1 Å². The predicted octanol–water partition coefficient (Wildman–Crippen LogP) is 3.64. The summed E-state index contributed by atoms with van der Waals surface area (Å²) >= 11 is 0. The summed E-state index contributed by atoms with van der Waals surface area (Å²) in [5.74, 6) is -0.893. The molecule has 1 aromatic heterocycles. The second kappa shape index (κ2) is 8.65. The van der Waals surface area contributed by atoms with Crippen LogP contribution >= 0.6 is 0 Å². The van der Waals surface area contributed by atoms with E-state index in [1.807, 2.05) is 0 Å². The molecular weight excluding hydrogens is 395 g/mol. The van der Waals surface area contributed by atoms with Gasteiger partial charge < -0.3 is 9.73 Å². The molecule has 1 fully saturated rings. The number of nitrogens with zero attached hydrogens (tertiary/aromatic N) is 1. The van der Waals surface area contributed by atoms with E-state index in [0.717, 1.165) is 19.3 Å². The second-order valence-electron chi connectivity index (χ2n) is 7.98. The second-order valence-corrected chi connectivity index (χ2v) is 10.0. The Balaban J connectivity index is 1.67. The largest absolute Gasteiger partial charge is 0.441 e. The fourth-order valence-corrected chi connectivity index (χ4v) is 5.07. The molecule has 0 radical (unpaired) electrons. The number of hydrogen-bond acceptors (Lipinski definition) is 5. The zero-order chi connectivity index (χ0) is 21.2. The number of aryl methyl sites for hydroxylation is 1. The molecule has 1 aliphatic rings. The molecule has 0 unspecified atom stereocenters. The molecule has 1 amide bonds. The summed E-state index contributed by atoms with van der Waals surface area (Å²) in [6.07, 6.45) is 3.02. The van der Waals surface area contributed by atoms with Crippen molar-refractivity contribution in [3.63, 3.8) is 0 Å². The van der Waals surface area contributed by atoms with Crippen LogP contribution in [-0.4, -0.2) is 31.1 Å². The van der Waals surface area contributed by atoms with Crippen molar-refractivity contribution in [1.29, 1.82) is 0 Å². The minimum absolute atomic E-state index is 0.00268. The molecular formula is C21H27FN2O4S. The summed E-state index contributed by atoms with van der Waals surface area (Å²) in [6.45, 7) is 5.82. The lowest BCUT2D eigenvalue weighted by molar-refractivity contribution is -0.120. The van der Waals surface area contributed by atoms with Gasteiger partial charge in [-0.1, -0.05) is 38.8 Å². The third kappa shape index (κ3) is 5.23. The average Bonchev–Trinajstić information content (AvgIpc) is 2.98. The predicted molar refractivity (Wildman–Crippen MR) is 108 cm³/mol. The monoisotopic (exact) mass is 422 g/mol. The van der Waals surface area contributed by atoms with Gasteiger partial charge in [0.1, 0.15) is 17.3 Å². The topological polar surface area (TPSA) is 89.3 Å². The van der Waals surface area contributed by atoms with Crippen LogP contribution in [0.15, 0.2) is 28.7 Å². The normalized spacial score (nSPS) is 22.4. The first-order chi connectivity index (χ1) is 13.7. The molecule has 158 valence electrons. The Labute approximate surface area is 170 Å². The molecule has 6 nitrogen and oxygen atoms in total. The van der Waals surface area contributed by atoms with Crippen molar-refractivity contribution in [1.82, 2.24) is 10.3 Å². The number of benzene rings is 1. The number of hydrogen-bond donors (Lipinski definition) is 1. The number of amides is 1. The van der Waals surface area contributed by atoms with Crippen LogP contribution in [0, 0.1) is 24.6 Å². The van der Waals surface area contributed by atoms with Gasteiger partial charge in [0.05, 0.1) is 17.0 Å². The van der Waals surface area contributed by atoms with Crippen LogP contribution in [0.4, 0.5) is 4.39 Å². The van der Waals surface area contributed by atoms with Gasteiger partial charge in [0.15, 0.2) is 9.84 Å². The van der Waals surface area contributed by atoms with Gasteiger partial charge in [-0.15, -0.1) is 0 Å². The van der Waals surface area contributed by atoms with E-state index in [1.54, 1.807) is 19.1 Å². The van der Waals surface area contributed by atoms with Gasteiger partial charge in [0.2, 0.25) is 11.8 Å². The number of carbonyl (C=O) groups is 1. The lowest BCUT2D eigenvalue weighted by atomic mass is 9.78. The standard InChI is InChI=1S/C21H27FN2O4S/c1-13-7-6-10-18(14(13)2)23-20(25)12-29(26,27)11-19-15(3)28-21(24-19)16-8-4-5-9-17(16)22/h4-5,8-9,13-14,18H,6-7,10-12H2,1-3H3,(H,23,25)/t13-,14+,18-/m1/s1. The molecule has 8 heteroatoms. The first-order valence-electron chi connectivity index (χ1n) is 9.87. The van der Waals surface area contributed by atoms with Crippen LogP contribution in [0.2, 0.25) is 0 Å². The summed E-state index contributed by atoms with van der Waals surface area (Å²) in [4.78, 5) is 16.5. The minimum atomic E-state index is -3.75. The van der Waals surface area contributed by atoms with Gasteiger partial charge in [-0.2, -0.15) is 0 Å². The van der Waals surface area contributed by atoms with Gasteiger partial charge in [-0.25, -0.2) is 17.8 Å². The number of carbonyl (C=O) groups excluding carboxylic acids is 1. The third-order valence-electron chi connectivity index (χ3n) is 5.76. The molecule has 3 rings (SSSR count). The molecule has 1 N–H and O–H groups in total. The number of halogens is 1. The average molecular weight is 423 g/mol. The van der Waals surface area contributed by atoms with Crippen LogP contribution in [0.1, 0.15) is 44.6 Å². The smallest absolute Gasteiger partial charge is 0.235 e. The first-order valence-corrected chi connectivity index (χ1v) is 11.7. The molecule has 1 saturated carbocycles. The van der Waals surface area contributed by atoms with Crippen LogP contribution in [0.3, 0.4) is 0 Å². The van der Waals surface area contributed by atoms with Gasteiger partial charge in [0.25, 0.3) is 0 Å². The van der Waals surface area contributed by atoms with E-state index in [9.17, 15) is 17.6 Å². The fraction of sp³-hybridized carbons (Fsp3) is 0.524. The van der Waals surface area contributed by atoms with Gasteiger partial charge in [0, 0.05) is 6.04 Å². The Hall–Kier alpha value is -2.22. The molecule has 1 heterocycles. The lowest BCUT2D eigenvalue weighted by Crippen LogP contribution is -2.45. The quantitative estimate of drug-likeness (QED) is 0.768. The maximum Gasteiger partial charge on any atom is 0.235 e. The Morgan fingerprint density at radius 1 is 1.28 bits per heavy atom. The van der Waals surface area contributed by atoms with Crippen molar-refractivity contribution in [3.05, 3.63) is 41.5 Å². The molecule has 0 aliphatic heterocycles.